The van der Waals surface area contributed by atoms with E-state index in [4.69, 9.17) is 9.31 Å². The van der Waals surface area contributed by atoms with Crippen LogP contribution in [0.2, 0.25) is 0 Å². The van der Waals surface area contributed by atoms with E-state index in [2.05, 4.69) is 4.74 Å². The Morgan fingerprint density at radius 3 is 2.20 bits per heavy atom. The van der Waals surface area contributed by atoms with Crippen LogP contribution in [0, 0.1) is 5.92 Å². The summed E-state index contributed by atoms with van der Waals surface area (Å²) in [6.07, 6.45) is 6.01. The average molecular weight is 282 g/mol. The van der Waals surface area contributed by atoms with Crippen molar-refractivity contribution in [1.82, 2.24) is 0 Å². The summed E-state index contributed by atoms with van der Waals surface area (Å²) in [4.78, 5) is 10.8. The Labute approximate surface area is 123 Å². The van der Waals surface area contributed by atoms with Crippen molar-refractivity contribution in [1.29, 1.82) is 0 Å². The minimum Gasteiger partial charge on any atom is -0.400 e. The molecule has 0 saturated carbocycles. The molecule has 1 aliphatic carbocycles. The molecule has 1 saturated heterocycles. The van der Waals surface area contributed by atoms with Crippen LogP contribution in [-0.4, -0.2) is 38.8 Å². The summed E-state index contributed by atoms with van der Waals surface area (Å²) in [5.74, 6) is 0.0396. The molecular formula is C15H27BO4. The van der Waals surface area contributed by atoms with Gasteiger partial charge < -0.3 is 18.8 Å². The molecule has 114 valence electrons. The molecule has 5 heteroatoms. The highest BCUT2D eigenvalue weighted by molar-refractivity contribution is 6.54. The van der Waals surface area contributed by atoms with Gasteiger partial charge in [-0.3, -0.25) is 0 Å². The number of allylic oxidation sites excluding steroid dienone is 2. The summed E-state index contributed by atoms with van der Waals surface area (Å²) in [5, 5.41) is 0. The highest BCUT2D eigenvalue weighted by atomic mass is 16.7. The fourth-order valence-electron chi connectivity index (χ4n) is 2.28. The Morgan fingerprint density at radius 1 is 1.25 bits per heavy atom. The molecule has 2 rings (SSSR count). The van der Waals surface area contributed by atoms with Crippen LogP contribution < -0.4 is 0 Å². The van der Waals surface area contributed by atoms with Gasteiger partial charge in [0, 0.05) is 20.1 Å². The lowest BCUT2D eigenvalue weighted by molar-refractivity contribution is -0.110. The molecule has 1 heterocycles. The van der Waals surface area contributed by atoms with E-state index in [1.165, 1.54) is 0 Å². The normalized spacial score (nSPS) is 27.4. The maximum Gasteiger partial charge on any atom is 0.490 e. The van der Waals surface area contributed by atoms with Crippen LogP contribution in [0.15, 0.2) is 11.5 Å². The largest absolute Gasteiger partial charge is 0.490 e. The monoisotopic (exact) mass is 282 g/mol. The Balaban J connectivity index is 0.000000612. The van der Waals surface area contributed by atoms with Gasteiger partial charge in [-0.25, -0.2) is 0 Å². The summed E-state index contributed by atoms with van der Waals surface area (Å²) in [6.45, 7) is 8.20. The van der Waals surface area contributed by atoms with E-state index >= 15 is 0 Å². The van der Waals surface area contributed by atoms with Crippen LogP contribution in [0.4, 0.5) is 0 Å². The second kappa shape index (κ2) is 6.88. The number of rotatable bonds is 2. The topological polar surface area (TPSA) is 44.8 Å². The van der Waals surface area contributed by atoms with E-state index in [0.29, 0.717) is 0 Å². The minimum atomic E-state index is -0.299. The van der Waals surface area contributed by atoms with Gasteiger partial charge in [0.25, 0.3) is 0 Å². The smallest absolute Gasteiger partial charge is 0.400 e. The van der Waals surface area contributed by atoms with Crippen LogP contribution in [-0.2, 0) is 18.8 Å². The van der Waals surface area contributed by atoms with Crippen molar-refractivity contribution in [2.24, 2.45) is 5.92 Å². The first kappa shape index (κ1) is 17.4. The first-order valence-electron chi connectivity index (χ1n) is 7.19. The fraction of sp³-hybridized carbons (Fsp3) is 0.800. The van der Waals surface area contributed by atoms with Gasteiger partial charge in [-0.1, -0.05) is 6.08 Å². The molecule has 0 aromatic rings. The number of methoxy groups -OCH3 is 1. The standard InChI is InChI=1S/C13H21BO3.C2H6O/c1-12(2)13(3,4)17-14(16-12)11-7-5-6-10(8-11)9-15;1-3-2/h8-10H,5-7H2,1-4H3;1-2H3. The summed E-state index contributed by atoms with van der Waals surface area (Å²) in [7, 11) is 2.97. The highest BCUT2D eigenvalue weighted by Crippen LogP contribution is 2.40. The van der Waals surface area contributed by atoms with Crippen LogP contribution in [0.1, 0.15) is 47.0 Å². The molecule has 20 heavy (non-hydrogen) atoms. The number of carbonyl (C=O) groups excluding carboxylic acids is 1. The molecule has 0 aromatic heterocycles. The van der Waals surface area contributed by atoms with Gasteiger partial charge in [-0.05, 0) is 52.4 Å². The van der Waals surface area contributed by atoms with Gasteiger partial charge in [-0.2, -0.15) is 0 Å². The van der Waals surface area contributed by atoms with E-state index in [0.717, 1.165) is 31.0 Å². The number of ether oxygens (including phenoxy) is 1. The molecule has 1 fully saturated rings. The van der Waals surface area contributed by atoms with Gasteiger partial charge >= 0.3 is 7.12 Å². The van der Waals surface area contributed by atoms with E-state index in [-0.39, 0.29) is 24.2 Å². The van der Waals surface area contributed by atoms with Gasteiger partial charge in [-0.15, -0.1) is 0 Å². The molecular weight excluding hydrogens is 255 g/mol. The van der Waals surface area contributed by atoms with Crippen molar-refractivity contribution in [3.05, 3.63) is 11.5 Å². The molecule has 1 aliphatic heterocycles. The molecule has 4 nitrogen and oxygen atoms in total. The van der Waals surface area contributed by atoms with Gasteiger partial charge in [0.1, 0.15) is 6.29 Å². The SMILES string of the molecule is CC1(C)OB(C2=CC(C=O)CCC2)OC1(C)C.COC. The Bertz CT molecular complexity index is 347. The molecule has 1 unspecified atom stereocenters. The molecule has 2 aliphatic rings. The van der Waals surface area contributed by atoms with Crippen molar-refractivity contribution in [3.63, 3.8) is 0 Å². The lowest BCUT2D eigenvalue weighted by Crippen LogP contribution is -2.41. The lowest BCUT2D eigenvalue weighted by Gasteiger charge is -2.32. The quantitative estimate of drug-likeness (QED) is 0.577. The average Bonchev–Trinajstić information content (AvgIpc) is 2.60. The predicted octanol–water partition coefficient (Wildman–Crippen LogP) is 2.81. The summed E-state index contributed by atoms with van der Waals surface area (Å²) in [6, 6.07) is 0. The zero-order valence-electron chi connectivity index (χ0n) is 13.6. The van der Waals surface area contributed by atoms with Crippen LogP contribution in [0.25, 0.3) is 0 Å². The third-order valence-corrected chi connectivity index (χ3v) is 4.16. The van der Waals surface area contributed by atoms with E-state index < -0.39 is 0 Å². The van der Waals surface area contributed by atoms with Crippen LogP contribution in [0.5, 0.6) is 0 Å². The highest BCUT2D eigenvalue weighted by Gasteiger charge is 2.52. The number of carbonyl (C=O) groups is 1. The number of hydrogen-bond donors (Lipinski definition) is 0. The second-order valence-corrected chi connectivity index (χ2v) is 6.43. The third kappa shape index (κ3) is 3.93. The van der Waals surface area contributed by atoms with Crippen molar-refractivity contribution in [3.8, 4) is 0 Å². The molecule has 0 spiro atoms. The summed E-state index contributed by atoms with van der Waals surface area (Å²) < 4.78 is 16.2. The van der Waals surface area contributed by atoms with Crippen molar-refractivity contribution < 1.29 is 18.8 Å². The molecule has 1 atom stereocenters. The zero-order chi connectivity index (χ0) is 15.4. The molecule has 0 amide bonds. The molecule has 0 aromatic carbocycles. The number of aldehydes is 1. The Morgan fingerprint density at radius 2 is 1.75 bits per heavy atom. The Kier molecular flexibility index (Phi) is 5.98. The molecule has 0 bridgehead atoms. The maximum absolute atomic E-state index is 10.8. The third-order valence-electron chi connectivity index (χ3n) is 4.16. The first-order valence-corrected chi connectivity index (χ1v) is 7.19. The van der Waals surface area contributed by atoms with Crippen molar-refractivity contribution >= 4 is 13.4 Å². The maximum atomic E-state index is 10.8. The summed E-state index contributed by atoms with van der Waals surface area (Å²) >= 11 is 0. The van der Waals surface area contributed by atoms with Crippen LogP contribution in [0.3, 0.4) is 0 Å². The predicted molar refractivity (Wildman–Crippen MR) is 80.5 cm³/mol. The van der Waals surface area contributed by atoms with E-state index in [1.54, 1.807) is 14.2 Å². The molecule has 0 N–H and O–H groups in total. The summed E-state index contributed by atoms with van der Waals surface area (Å²) in [5.41, 5.74) is 0.534. The van der Waals surface area contributed by atoms with Gasteiger partial charge in [0.05, 0.1) is 11.2 Å². The Hall–Kier alpha value is -0.645. The van der Waals surface area contributed by atoms with Crippen LogP contribution >= 0.6 is 0 Å². The first-order chi connectivity index (χ1) is 9.27. The van der Waals surface area contributed by atoms with Crippen molar-refractivity contribution in [2.75, 3.05) is 14.2 Å². The van der Waals surface area contributed by atoms with Gasteiger partial charge in [0.2, 0.25) is 0 Å². The second-order valence-electron chi connectivity index (χ2n) is 6.43. The molecule has 0 radical (unpaired) electrons. The minimum absolute atomic E-state index is 0.0396. The fourth-order valence-corrected chi connectivity index (χ4v) is 2.28. The van der Waals surface area contributed by atoms with Crippen molar-refractivity contribution in [2.45, 2.75) is 58.2 Å². The number of hydrogen-bond acceptors (Lipinski definition) is 4. The van der Waals surface area contributed by atoms with E-state index in [1.807, 2.05) is 33.8 Å². The van der Waals surface area contributed by atoms with E-state index in [9.17, 15) is 4.79 Å². The zero-order valence-corrected chi connectivity index (χ0v) is 13.6. The van der Waals surface area contributed by atoms with Gasteiger partial charge in [0.15, 0.2) is 0 Å². The lowest BCUT2D eigenvalue weighted by atomic mass is 9.71.